The van der Waals surface area contributed by atoms with Gasteiger partial charge in [0.15, 0.2) is 10.3 Å². The summed E-state index contributed by atoms with van der Waals surface area (Å²) in [6.07, 6.45) is 3.83. The summed E-state index contributed by atoms with van der Waals surface area (Å²) < 4.78 is 17.3. The van der Waals surface area contributed by atoms with Gasteiger partial charge < -0.3 is 30.1 Å². The molecule has 12 nitrogen and oxygen atoms in total. The number of hydrogen-bond acceptors (Lipinski definition) is 12. The normalized spacial score (nSPS) is 15.1. The highest BCUT2D eigenvalue weighted by Crippen LogP contribution is 2.31. The van der Waals surface area contributed by atoms with Crippen LogP contribution in [0.25, 0.3) is 42.5 Å². The predicted octanol–water partition coefficient (Wildman–Crippen LogP) is 5.23. The number of nitrogens with zero attached hydrogens (tertiary/aromatic N) is 8. The first kappa shape index (κ1) is 41.2. The number of nitrogens with two attached hydrogens (primary N) is 2. The molecular formula is C28H39Cl5N10O2S2. The standard InChI is InChI=1S/2C14H17N5OS.5ClH/c2*15-14-17-10-1-2-11-12(13(10)21-14)16-9-19(11)4-3-18-5-7-20-8-6-18;;;;;/h2*1-2,9H,3-8H2,(H2,15,17);5*1H. The van der Waals surface area contributed by atoms with Crippen LogP contribution >= 0.6 is 84.7 Å². The minimum absolute atomic E-state index is 0. The number of ether oxygens (including phenoxy) is 2. The summed E-state index contributed by atoms with van der Waals surface area (Å²) in [5.41, 5.74) is 17.8. The molecule has 19 heteroatoms. The van der Waals surface area contributed by atoms with E-state index in [1.54, 1.807) is 0 Å². The van der Waals surface area contributed by atoms with Crippen LogP contribution in [0.15, 0.2) is 36.9 Å². The lowest BCUT2D eigenvalue weighted by Gasteiger charge is -2.26. The van der Waals surface area contributed by atoms with Crippen molar-refractivity contribution in [3.8, 4) is 0 Å². The van der Waals surface area contributed by atoms with E-state index >= 15 is 0 Å². The van der Waals surface area contributed by atoms with E-state index in [9.17, 15) is 0 Å². The summed E-state index contributed by atoms with van der Waals surface area (Å²) >= 11 is 3.01. The smallest absolute Gasteiger partial charge is 0.181 e. The molecule has 0 spiro atoms. The van der Waals surface area contributed by atoms with Gasteiger partial charge in [-0.05, 0) is 24.3 Å². The Kier molecular flexibility index (Phi) is 16.4. The molecule has 2 aliphatic rings. The van der Waals surface area contributed by atoms with Crippen LogP contribution in [0.1, 0.15) is 0 Å². The zero-order valence-electron chi connectivity index (χ0n) is 25.4. The van der Waals surface area contributed by atoms with Crippen LogP contribution < -0.4 is 11.5 Å². The number of aromatic nitrogens is 6. The van der Waals surface area contributed by atoms with Gasteiger partial charge in [-0.25, -0.2) is 19.9 Å². The van der Waals surface area contributed by atoms with Crippen molar-refractivity contribution >= 4 is 137 Å². The van der Waals surface area contributed by atoms with Gasteiger partial charge in [0.05, 0.1) is 70.5 Å². The van der Waals surface area contributed by atoms with Crippen molar-refractivity contribution in [2.24, 2.45) is 0 Å². The second kappa shape index (κ2) is 18.7. The van der Waals surface area contributed by atoms with Crippen molar-refractivity contribution in [3.63, 3.8) is 0 Å². The van der Waals surface area contributed by atoms with Crippen LogP contribution in [0.4, 0.5) is 10.3 Å². The number of benzene rings is 2. The first-order chi connectivity index (χ1) is 20.6. The maximum Gasteiger partial charge on any atom is 0.181 e. The summed E-state index contributed by atoms with van der Waals surface area (Å²) in [6.45, 7) is 11.4. The summed E-state index contributed by atoms with van der Waals surface area (Å²) in [5.74, 6) is 0. The number of nitrogen functional groups attached to an aromatic ring is 2. The Hall–Kier alpha value is -1.95. The van der Waals surface area contributed by atoms with Crippen LogP contribution in [0, 0.1) is 0 Å². The molecule has 260 valence electrons. The molecule has 47 heavy (non-hydrogen) atoms. The first-order valence-corrected chi connectivity index (χ1v) is 15.9. The van der Waals surface area contributed by atoms with Crippen LogP contribution in [0.5, 0.6) is 0 Å². The molecule has 2 fully saturated rings. The second-order valence-electron chi connectivity index (χ2n) is 10.5. The van der Waals surface area contributed by atoms with Crippen molar-refractivity contribution in [2.75, 3.05) is 77.2 Å². The highest BCUT2D eigenvalue weighted by molar-refractivity contribution is 7.23. The highest BCUT2D eigenvalue weighted by Gasteiger charge is 2.15. The third-order valence-electron chi connectivity index (χ3n) is 7.85. The fourth-order valence-corrected chi connectivity index (χ4v) is 7.22. The predicted molar refractivity (Wildman–Crippen MR) is 205 cm³/mol. The van der Waals surface area contributed by atoms with Crippen molar-refractivity contribution in [2.45, 2.75) is 13.1 Å². The van der Waals surface area contributed by atoms with E-state index in [1.807, 2.05) is 24.8 Å². The van der Waals surface area contributed by atoms with Gasteiger partial charge in [0.2, 0.25) is 0 Å². The lowest BCUT2D eigenvalue weighted by molar-refractivity contribution is 0.0364. The third kappa shape index (κ3) is 9.19. The highest BCUT2D eigenvalue weighted by atomic mass is 35.5. The van der Waals surface area contributed by atoms with Gasteiger partial charge in [-0.2, -0.15) is 0 Å². The van der Waals surface area contributed by atoms with E-state index in [0.29, 0.717) is 10.3 Å². The number of hydrogen-bond donors (Lipinski definition) is 2. The number of anilines is 2. The van der Waals surface area contributed by atoms with Crippen molar-refractivity contribution in [1.29, 1.82) is 0 Å². The van der Waals surface area contributed by atoms with Gasteiger partial charge in [0, 0.05) is 52.4 Å². The van der Waals surface area contributed by atoms with Gasteiger partial charge in [0.1, 0.15) is 11.0 Å². The minimum atomic E-state index is 0. The fraction of sp³-hybridized carbons (Fsp3) is 0.429. The molecule has 2 aromatic carbocycles. The van der Waals surface area contributed by atoms with Crippen LogP contribution in [0.2, 0.25) is 0 Å². The molecule has 0 radical (unpaired) electrons. The Labute approximate surface area is 311 Å². The van der Waals surface area contributed by atoms with Gasteiger partial charge in [0.25, 0.3) is 0 Å². The monoisotopic (exact) mass is 786 g/mol. The zero-order chi connectivity index (χ0) is 28.5. The Morgan fingerprint density at radius 1 is 0.574 bits per heavy atom. The molecule has 0 aliphatic carbocycles. The Bertz CT molecular complexity index is 1700. The van der Waals surface area contributed by atoms with Gasteiger partial charge in [-0.15, -0.1) is 62.0 Å². The van der Waals surface area contributed by atoms with E-state index in [-0.39, 0.29) is 62.0 Å². The molecule has 6 heterocycles. The van der Waals surface area contributed by atoms with Gasteiger partial charge >= 0.3 is 0 Å². The molecule has 0 unspecified atom stereocenters. The topological polar surface area (TPSA) is 138 Å². The summed E-state index contributed by atoms with van der Waals surface area (Å²) in [7, 11) is 0. The number of halogens is 5. The van der Waals surface area contributed by atoms with E-state index in [1.165, 1.54) is 22.7 Å². The van der Waals surface area contributed by atoms with Crippen LogP contribution in [-0.4, -0.2) is 105 Å². The maximum absolute atomic E-state index is 5.80. The maximum atomic E-state index is 5.80. The number of fused-ring (bicyclic) bond motifs is 6. The molecule has 4 N–H and O–H groups in total. The molecule has 4 aromatic heterocycles. The summed E-state index contributed by atoms with van der Waals surface area (Å²) in [4.78, 5) is 22.6. The molecule has 0 saturated carbocycles. The van der Waals surface area contributed by atoms with E-state index in [0.717, 1.165) is 121 Å². The van der Waals surface area contributed by atoms with Gasteiger partial charge in [-0.3, -0.25) is 9.80 Å². The number of rotatable bonds is 6. The van der Waals surface area contributed by atoms with Crippen molar-refractivity contribution < 1.29 is 9.47 Å². The lowest BCUT2D eigenvalue weighted by Crippen LogP contribution is -2.38. The SMILES string of the molecule is Cl.Cl.Cl.Cl.Cl.Nc1nc2ccc3c(ncn3CCN3CCOCC3)c2s1.Nc1nc2ccc3c(ncn3CCN3CCOCC3)c2s1. The zero-order valence-corrected chi connectivity index (χ0v) is 31.1. The second-order valence-corrected chi connectivity index (χ2v) is 12.5. The van der Waals surface area contributed by atoms with Crippen LogP contribution in [-0.2, 0) is 22.6 Å². The molecule has 0 amide bonds. The van der Waals surface area contributed by atoms with E-state index in [4.69, 9.17) is 20.9 Å². The average Bonchev–Trinajstić information content (AvgIpc) is 3.79. The quantitative estimate of drug-likeness (QED) is 0.231. The molecule has 0 bridgehead atoms. The number of imidazole rings is 2. The lowest BCUT2D eigenvalue weighted by atomic mass is 10.3. The Morgan fingerprint density at radius 3 is 1.34 bits per heavy atom. The van der Waals surface area contributed by atoms with E-state index < -0.39 is 0 Å². The Balaban J connectivity index is 0.000000295. The fourth-order valence-electron chi connectivity index (χ4n) is 5.57. The molecule has 2 saturated heterocycles. The summed E-state index contributed by atoms with van der Waals surface area (Å²) in [6, 6.07) is 8.22. The molecule has 0 atom stereocenters. The molecule has 6 aromatic rings. The largest absolute Gasteiger partial charge is 0.379 e. The first-order valence-electron chi connectivity index (χ1n) is 14.2. The number of thiazole rings is 2. The van der Waals surface area contributed by atoms with Crippen molar-refractivity contribution in [1.82, 2.24) is 38.9 Å². The molecular weight excluding hydrogens is 750 g/mol. The summed E-state index contributed by atoms with van der Waals surface area (Å²) in [5, 5.41) is 1.20. The Morgan fingerprint density at radius 2 is 0.957 bits per heavy atom. The third-order valence-corrected chi connectivity index (χ3v) is 9.66. The molecule has 8 rings (SSSR count). The minimum Gasteiger partial charge on any atom is -0.379 e. The van der Waals surface area contributed by atoms with Gasteiger partial charge in [-0.1, -0.05) is 22.7 Å². The van der Waals surface area contributed by atoms with Crippen molar-refractivity contribution in [3.05, 3.63) is 36.9 Å². The number of morpholine rings is 2. The average molecular weight is 789 g/mol. The van der Waals surface area contributed by atoms with Crippen LogP contribution in [0.3, 0.4) is 0 Å². The van der Waals surface area contributed by atoms with E-state index in [2.05, 4.69) is 51.0 Å². The molecule has 2 aliphatic heterocycles.